The molecule has 0 aliphatic carbocycles. The van der Waals surface area contributed by atoms with E-state index in [0.717, 1.165) is 0 Å². The third kappa shape index (κ3) is 4.58. The number of Topliss-reactive ketones (excluding diaryl/α,β-unsaturated/α-hetero) is 2. The molecule has 0 atom stereocenters. The van der Waals surface area contributed by atoms with Gasteiger partial charge in [0.2, 0.25) is 5.78 Å². The molecule has 19 heavy (non-hydrogen) atoms. The van der Waals surface area contributed by atoms with Crippen molar-refractivity contribution < 1.29 is 34.1 Å². The van der Waals surface area contributed by atoms with Crippen LogP contribution in [0.1, 0.15) is 16.8 Å². The average Bonchev–Trinajstić information content (AvgIpc) is 2.36. The van der Waals surface area contributed by atoms with Crippen LogP contribution in [-0.2, 0) is 14.4 Å². The second-order valence-corrected chi connectivity index (χ2v) is 3.54. The lowest BCUT2D eigenvalue weighted by atomic mass is 10.1. The minimum absolute atomic E-state index is 0.150. The van der Waals surface area contributed by atoms with Crippen molar-refractivity contribution in [1.29, 1.82) is 0 Å². The highest BCUT2D eigenvalue weighted by Gasteiger charge is 2.17. The van der Waals surface area contributed by atoms with E-state index in [1.807, 2.05) is 0 Å². The van der Waals surface area contributed by atoms with E-state index >= 15 is 0 Å². The fraction of sp³-hybridized carbons (Fsp3) is 0.167. The van der Waals surface area contributed by atoms with Crippen molar-refractivity contribution in [1.82, 2.24) is 0 Å². The normalized spacial score (nSPS) is 9.68. The molecule has 0 bridgehead atoms. The van der Waals surface area contributed by atoms with Gasteiger partial charge in [-0.25, -0.2) is 9.59 Å². The van der Waals surface area contributed by atoms with Gasteiger partial charge in [0.25, 0.3) is 0 Å². The second-order valence-electron chi connectivity index (χ2n) is 3.54. The molecular weight excluding hydrogens is 256 g/mol. The predicted molar refractivity (Wildman–Crippen MR) is 61.2 cm³/mol. The van der Waals surface area contributed by atoms with E-state index in [9.17, 15) is 19.2 Å². The molecule has 0 aromatic heterocycles. The summed E-state index contributed by atoms with van der Waals surface area (Å²) in [6, 6.07) is 5.38. The summed E-state index contributed by atoms with van der Waals surface area (Å²) in [6.45, 7) is -0.509. The van der Waals surface area contributed by atoms with E-state index in [4.69, 9.17) is 14.9 Å². The van der Waals surface area contributed by atoms with Gasteiger partial charge in [0.05, 0.1) is 6.42 Å². The lowest BCUT2D eigenvalue weighted by Gasteiger charge is -2.04. The number of carbonyl (C=O) groups is 4. The summed E-state index contributed by atoms with van der Waals surface area (Å²) in [4.78, 5) is 42.9. The molecule has 0 amide bonds. The molecule has 0 heterocycles. The van der Waals surface area contributed by atoms with Gasteiger partial charge in [0.1, 0.15) is 5.75 Å². The van der Waals surface area contributed by atoms with Crippen molar-refractivity contribution >= 4 is 23.5 Å². The van der Waals surface area contributed by atoms with Crippen LogP contribution in [0.15, 0.2) is 24.3 Å². The SMILES string of the molecule is O=C(O)COc1ccc(C(=O)CC(=O)C(=O)O)cc1. The van der Waals surface area contributed by atoms with Crippen LogP contribution in [0.2, 0.25) is 0 Å². The summed E-state index contributed by atoms with van der Waals surface area (Å²) in [5.41, 5.74) is 0.150. The molecular formula is C12H10O7. The number of carbonyl (C=O) groups excluding carboxylic acids is 2. The van der Waals surface area contributed by atoms with Crippen molar-refractivity contribution in [2.24, 2.45) is 0 Å². The minimum Gasteiger partial charge on any atom is -0.482 e. The average molecular weight is 266 g/mol. The molecule has 1 aromatic rings. The van der Waals surface area contributed by atoms with E-state index in [1.165, 1.54) is 24.3 Å². The summed E-state index contributed by atoms with van der Waals surface area (Å²) in [5, 5.41) is 16.8. The Hall–Kier alpha value is -2.70. The minimum atomic E-state index is -1.66. The molecule has 0 fully saturated rings. The van der Waals surface area contributed by atoms with Crippen molar-refractivity contribution in [2.75, 3.05) is 6.61 Å². The van der Waals surface area contributed by atoms with Gasteiger partial charge in [-0.15, -0.1) is 0 Å². The lowest BCUT2D eigenvalue weighted by Crippen LogP contribution is -2.17. The highest BCUT2D eigenvalue weighted by Crippen LogP contribution is 2.13. The molecule has 0 aliphatic heterocycles. The topological polar surface area (TPSA) is 118 Å². The fourth-order valence-electron chi connectivity index (χ4n) is 1.21. The summed E-state index contributed by atoms with van der Waals surface area (Å²) in [7, 11) is 0. The van der Waals surface area contributed by atoms with Crippen LogP contribution in [0.3, 0.4) is 0 Å². The Labute approximate surface area is 107 Å². The van der Waals surface area contributed by atoms with Crippen molar-refractivity contribution in [3.8, 4) is 5.75 Å². The number of benzene rings is 1. The maximum Gasteiger partial charge on any atom is 0.372 e. The summed E-state index contributed by atoms with van der Waals surface area (Å²) in [6.07, 6.45) is -0.718. The van der Waals surface area contributed by atoms with Crippen LogP contribution in [0.5, 0.6) is 5.75 Å². The number of carboxylic acids is 2. The summed E-state index contributed by atoms with van der Waals surface area (Å²) >= 11 is 0. The van der Waals surface area contributed by atoms with Crippen LogP contribution in [-0.4, -0.2) is 40.3 Å². The van der Waals surface area contributed by atoms with Gasteiger partial charge >= 0.3 is 11.9 Å². The van der Waals surface area contributed by atoms with Crippen LogP contribution in [0.4, 0.5) is 0 Å². The first-order chi connectivity index (χ1) is 8.90. The Morgan fingerprint density at radius 1 is 1.00 bits per heavy atom. The molecule has 7 nitrogen and oxygen atoms in total. The van der Waals surface area contributed by atoms with Gasteiger partial charge in [-0.2, -0.15) is 0 Å². The second kappa shape index (κ2) is 6.29. The molecule has 1 rings (SSSR count). The Morgan fingerprint density at radius 3 is 2.05 bits per heavy atom. The molecule has 2 N–H and O–H groups in total. The number of carboxylic acid groups (broad SMARTS) is 2. The quantitative estimate of drug-likeness (QED) is 0.416. The van der Waals surface area contributed by atoms with Gasteiger partial charge in [-0.1, -0.05) is 0 Å². The zero-order valence-corrected chi connectivity index (χ0v) is 9.66. The number of ketones is 2. The number of rotatable bonds is 7. The summed E-state index contributed by atoms with van der Waals surface area (Å²) < 4.78 is 4.85. The van der Waals surface area contributed by atoms with E-state index in [2.05, 4.69) is 0 Å². The van der Waals surface area contributed by atoms with Gasteiger partial charge in [0, 0.05) is 5.56 Å². The van der Waals surface area contributed by atoms with Crippen molar-refractivity contribution in [3.05, 3.63) is 29.8 Å². The molecule has 0 aliphatic rings. The number of hydrogen-bond acceptors (Lipinski definition) is 5. The third-order valence-electron chi connectivity index (χ3n) is 2.10. The first-order valence-electron chi connectivity index (χ1n) is 5.14. The van der Waals surface area contributed by atoms with Crippen molar-refractivity contribution in [3.63, 3.8) is 0 Å². The zero-order chi connectivity index (χ0) is 14.4. The number of hydrogen-bond donors (Lipinski definition) is 2. The first-order valence-corrected chi connectivity index (χ1v) is 5.14. The lowest BCUT2D eigenvalue weighted by molar-refractivity contribution is -0.148. The molecule has 0 saturated heterocycles. The predicted octanol–water partition coefficient (Wildman–Crippen LogP) is 0.377. The maximum atomic E-state index is 11.5. The summed E-state index contributed by atoms with van der Waals surface area (Å²) in [5.74, 6) is -4.35. The molecule has 0 unspecified atom stereocenters. The Morgan fingerprint density at radius 2 is 1.58 bits per heavy atom. The molecule has 0 radical (unpaired) electrons. The molecule has 7 heteroatoms. The Bertz CT molecular complexity index is 515. The molecule has 100 valence electrons. The standard InChI is InChI=1S/C12H10O7/c13-9(5-10(14)12(17)18)7-1-3-8(4-2-7)19-6-11(15)16/h1-4H,5-6H2,(H,15,16)(H,17,18). The molecule has 1 aromatic carbocycles. The third-order valence-corrected chi connectivity index (χ3v) is 2.10. The number of ether oxygens (including phenoxy) is 1. The van der Waals surface area contributed by atoms with E-state index < -0.39 is 36.5 Å². The van der Waals surface area contributed by atoms with Crippen LogP contribution in [0.25, 0.3) is 0 Å². The zero-order valence-electron chi connectivity index (χ0n) is 9.66. The molecule has 0 saturated carbocycles. The first kappa shape index (κ1) is 14.4. The van der Waals surface area contributed by atoms with E-state index in [0.29, 0.717) is 0 Å². The van der Waals surface area contributed by atoms with Gasteiger partial charge in [-0.3, -0.25) is 9.59 Å². The Balaban J connectivity index is 2.65. The monoisotopic (exact) mass is 266 g/mol. The van der Waals surface area contributed by atoms with Crippen LogP contribution in [0, 0.1) is 0 Å². The molecule has 0 spiro atoms. The van der Waals surface area contributed by atoms with E-state index in [-0.39, 0.29) is 11.3 Å². The largest absolute Gasteiger partial charge is 0.482 e. The van der Waals surface area contributed by atoms with Crippen molar-refractivity contribution in [2.45, 2.75) is 6.42 Å². The highest BCUT2D eigenvalue weighted by molar-refractivity contribution is 6.37. The number of aliphatic carboxylic acids is 2. The van der Waals surface area contributed by atoms with Gasteiger partial charge in [0.15, 0.2) is 12.4 Å². The van der Waals surface area contributed by atoms with E-state index in [1.54, 1.807) is 0 Å². The fourth-order valence-corrected chi connectivity index (χ4v) is 1.21. The van der Waals surface area contributed by atoms with Gasteiger partial charge < -0.3 is 14.9 Å². The highest BCUT2D eigenvalue weighted by atomic mass is 16.5. The smallest absolute Gasteiger partial charge is 0.372 e. The van der Waals surface area contributed by atoms with Crippen LogP contribution >= 0.6 is 0 Å². The van der Waals surface area contributed by atoms with Crippen LogP contribution < -0.4 is 4.74 Å². The maximum absolute atomic E-state index is 11.5. The Kier molecular flexibility index (Phi) is 4.76. The van der Waals surface area contributed by atoms with Gasteiger partial charge in [-0.05, 0) is 24.3 Å².